The number of hydrogen-bond donors (Lipinski definition) is 3. The summed E-state index contributed by atoms with van der Waals surface area (Å²) in [5.74, 6) is -1.54. The highest BCUT2D eigenvalue weighted by Gasteiger charge is 2.21. The fourth-order valence-corrected chi connectivity index (χ4v) is 0.324. The van der Waals surface area contributed by atoms with E-state index in [9.17, 15) is 9.59 Å². The third-order valence-electron chi connectivity index (χ3n) is 1.14. The van der Waals surface area contributed by atoms with Gasteiger partial charge in [-0.05, 0) is 20.8 Å². The first kappa shape index (κ1) is 16.3. The molecular formula is C9H18O6. The minimum atomic E-state index is -1.58. The minimum absolute atomic E-state index is 0.105. The van der Waals surface area contributed by atoms with Gasteiger partial charge in [-0.1, -0.05) is 0 Å². The number of aliphatic hydroxyl groups is 2. The highest BCUT2D eigenvalue weighted by Crippen LogP contribution is 1.97. The van der Waals surface area contributed by atoms with Crippen LogP contribution < -0.4 is 0 Å². The van der Waals surface area contributed by atoms with Crippen LogP contribution in [0.3, 0.4) is 0 Å². The summed E-state index contributed by atoms with van der Waals surface area (Å²) in [7, 11) is 0. The predicted molar refractivity (Wildman–Crippen MR) is 52.3 cm³/mol. The first-order valence-corrected chi connectivity index (χ1v) is 4.48. The van der Waals surface area contributed by atoms with Crippen LogP contribution >= 0.6 is 0 Å². The van der Waals surface area contributed by atoms with Crippen molar-refractivity contribution in [3.8, 4) is 0 Å². The Morgan fingerprint density at radius 1 is 1.33 bits per heavy atom. The van der Waals surface area contributed by atoms with Crippen LogP contribution in [0.2, 0.25) is 0 Å². The summed E-state index contributed by atoms with van der Waals surface area (Å²) in [4.78, 5) is 20.0. The molecule has 0 rings (SSSR count). The Bertz CT molecular complexity index is 185. The number of aliphatic carboxylic acids is 1. The van der Waals surface area contributed by atoms with Crippen molar-refractivity contribution < 1.29 is 29.6 Å². The number of esters is 1. The van der Waals surface area contributed by atoms with Crippen LogP contribution in [-0.2, 0) is 14.3 Å². The summed E-state index contributed by atoms with van der Waals surface area (Å²) in [6, 6.07) is 0. The Labute approximate surface area is 88.5 Å². The summed E-state index contributed by atoms with van der Waals surface area (Å²) in [5.41, 5.74) is -1.58. The molecule has 3 N–H and O–H groups in total. The minimum Gasteiger partial charge on any atom is -0.479 e. The summed E-state index contributed by atoms with van der Waals surface area (Å²) >= 11 is 0. The van der Waals surface area contributed by atoms with Gasteiger partial charge in [-0.3, -0.25) is 4.79 Å². The molecule has 6 heteroatoms. The molecule has 6 nitrogen and oxygen atoms in total. The summed E-state index contributed by atoms with van der Waals surface area (Å²) in [6.07, 6.45) is 0.105. The Kier molecular flexibility index (Phi) is 8.90. The van der Waals surface area contributed by atoms with Crippen molar-refractivity contribution in [2.45, 2.75) is 32.8 Å². The molecule has 0 aliphatic heterocycles. The molecule has 0 spiro atoms. The van der Waals surface area contributed by atoms with Gasteiger partial charge >= 0.3 is 11.9 Å². The van der Waals surface area contributed by atoms with E-state index in [2.05, 4.69) is 4.74 Å². The maximum absolute atomic E-state index is 10.3. The first-order chi connectivity index (χ1) is 6.75. The van der Waals surface area contributed by atoms with E-state index in [1.54, 1.807) is 6.92 Å². The second-order valence-corrected chi connectivity index (χ2v) is 3.14. The van der Waals surface area contributed by atoms with E-state index in [-0.39, 0.29) is 19.0 Å². The molecule has 0 fully saturated rings. The normalized spacial score (nSPS) is 9.93. The van der Waals surface area contributed by atoms with Crippen molar-refractivity contribution in [3.63, 3.8) is 0 Å². The van der Waals surface area contributed by atoms with Gasteiger partial charge in [0.15, 0.2) is 5.60 Å². The van der Waals surface area contributed by atoms with Crippen molar-refractivity contribution in [2.24, 2.45) is 0 Å². The predicted octanol–water partition coefficient (Wildman–Crippen LogP) is -0.226. The molecule has 0 atom stereocenters. The van der Waals surface area contributed by atoms with E-state index < -0.39 is 11.6 Å². The average molecular weight is 222 g/mol. The van der Waals surface area contributed by atoms with Gasteiger partial charge in [-0.15, -0.1) is 0 Å². The number of ether oxygens (including phenoxy) is 1. The molecule has 0 bridgehead atoms. The van der Waals surface area contributed by atoms with Gasteiger partial charge in [-0.2, -0.15) is 0 Å². The highest BCUT2D eigenvalue weighted by atomic mass is 16.5. The van der Waals surface area contributed by atoms with Crippen molar-refractivity contribution in [1.29, 1.82) is 0 Å². The molecule has 0 unspecified atom stereocenters. The topological polar surface area (TPSA) is 104 Å². The molecule has 0 aromatic rings. The van der Waals surface area contributed by atoms with E-state index in [1.165, 1.54) is 13.8 Å². The van der Waals surface area contributed by atoms with Crippen molar-refractivity contribution in [2.75, 3.05) is 13.2 Å². The fourth-order valence-electron chi connectivity index (χ4n) is 0.324. The van der Waals surface area contributed by atoms with E-state index in [0.717, 1.165) is 0 Å². The van der Waals surface area contributed by atoms with Gasteiger partial charge in [0.05, 0.1) is 19.6 Å². The molecule has 0 saturated carbocycles. The summed E-state index contributed by atoms with van der Waals surface area (Å²) in [5, 5.41) is 24.7. The average Bonchev–Trinajstić information content (AvgIpc) is 2.04. The van der Waals surface area contributed by atoms with Crippen LogP contribution in [0.15, 0.2) is 0 Å². The van der Waals surface area contributed by atoms with E-state index in [0.29, 0.717) is 6.61 Å². The molecule has 0 aliphatic carbocycles. The largest absolute Gasteiger partial charge is 0.479 e. The van der Waals surface area contributed by atoms with E-state index >= 15 is 0 Å². The number of carboxylic acid groups (broad SMARTS) is 1. The molecule has 0 aliphatic rings. The lowest BCUT2D eigenvalue weighted by molar-refractivity contribution is -0.154. The highest BCUT2D eigenvalue weighted by molar-refractivity contribution is 5.75. The lowest BCUT2D eigenvalue weighted by Gasteiger charge is -2.07. The molecule has 0 saturated heterocycles. The standard InChI is InChI=1S/C5H10O3.C4H8O3/c1-2-8-5(7)3-4-6;1-4(2,7)3(5)6/h6H,2-4H2,1H3;7H,1-2H3,(H,5,6). The molecule has 0 amide bonds. The second-order valence-electron chi connectivity index (χ2n) is 3.14. The molecule has 0 aromatic heterocycles. The molecule has 15 heavy (non-hydrogen) atoms. The molecule has 0 heterocycles. The lowest BCUT2D eigenvalue weighted by atomic mass is 10.1. The zero-order chi connectivity index (χ0) is 12.5. The Hall–Kier alpha value is -1.14. The van der Waals surface area contributed by atoms with Crippen LogP contribution in [0.4, 0.5) is 0 Å². The Morgan fingerprint density at radius 2 is 1.73 bits per heavy atom. The number of carboxylic acids is 1. The van der Waals surface area contributed by atoms with Gasteiger partial charge < -0.3 is 20.1 Å². The zero-order valence-electron chi connectivity index (χ0n) is 9.19. The maximum atomic E-state index is 10.3. The maximum Gasteiger partial charge on any atom is 0.335 e. The van der Waals surface area contributed by atoms with Crippen molar-refractivity contribution in [1.82, 2.24) is 0 Å². The third-order valence-corrected chi connectivity index (χ3v) is 1.14. The van der Waals surface area contributed by atoms with Gasteiger partial charge in [0.2, 0.25) is 0 Å². The van der Waals surface area contributed by atoms with E-state index in [1.807, 2.05) is 0 Å². The van der Waals surface area contributed by atoms with Crippen LogP contribution in [0, 0.1) is 0 Å². The first-order valence-electron chi connectivity index (χ1n) is 4.48. The Morgan fingerprint density at radius 3 is 1.93 bits per heavy atom. The number of carbonyl (C=O) groups is 2. The monoisotopic (exact) mass is 222 g/mol. The van der Waals surface area contributed by atoms with Gasteiger partial charge in [0.1, 0.15) is 0 Å². The number of aliphatic hydroxyl groups excluding tert-OH is 1. The molecule has 90 valence electrons. The van der Waals surface area contributed by atoms with E-state index in [4.69, 9.17) is 15.3 Å². The van der Waals surface area contributed by atoms with Gasteiger partial charge in [0.25, 0.3) is 0 Å². The molecule has 0 aromatic carbocycles. The summed E-state index contributed by atoms with van der Waals surface area (Å²) in [6.45, 7) is 4.43. The van der Waals surface area contributed by atoms with Crippen molar-refractivity contribution in [3.05, 3.63) is 0 Å². The SMILES string of the molecule is CC(C)(O)C(=O)O.CCOC(=O)CCO. The fraction of sp³-hybridized carbons (Fsp3) is 0.778. The van der Waals surface area contributed by atoms with Gasteiger partial charge in [0, 0.05) is 0 Å². The lowest BCUT2D eigenvalue weighted by Crippen LogP contribution is -2.30. The smallest absolute Gasteiger partial charge is 0.335 e. The summed E-state index contributed by atoms with van der Waals surface area (Å²) < 4.78 is 4.48. The molecule has 0 radical (unpaired) electrons. The third kappa shape index (κ3) is 12.9. The Balaban J connectivity index is 0. The van der Waals surface area contributed by atoms with Crippen LogP contribution in [0.1, 0.15) is 27.2 Å². The number of carbonyl (C=O) groups excluding carboxylic acids is 1. The zero-order valence-corrected chi connectivity index (χ0v) is 9.19. The van der Waals surface area contributed by atoms with Crippen LogP contribution in [0.5, 0.6) is 0 Å². The number of hydrogen-bond acceptors (Lipinski definition) is 5. The quantitative estimate of drug-likeness (QED) is 0.568. The van der Waals surface area contributed by atoms with Gasteiger partial charge in [-0.25, -0.2) is 4.79 Å². The number of rotatable bonds is 4. The van der Waals surface area contributed by atoms with Crippen LogP contribution in [-0.4, -0.2) is 46.1 Å². The second kappa shape index (κ2) is 8.19. The van der Waals surface area contributed by atoms with Crippen LogP contribution in [0.25, 0.3) is 0 Å². The molecular weight excluding hydrogens is 204 g/mol. The van der Waals surface area contributed by atoms with Crippen molar-refractivity contribution >= 4 is 11.9 Å².